The van der Waals surface area contributed by atoms with E-state index in [1.165, 1.54) is 0 Å². The van der Waals surface area contributed by atoms with Crippen molar-refractivity contribution < 1.29 is 0 Å². The molecule has 0 aliphatic rings. The molecule has 2 rings (SSSR count). The molecule has 0 saturated heterocycles. The van der Waals surface area contributed by atoms with Gasteiger partial charge in [0.15, 0.2) is 0 Å². The molecule has 2 aromatic rings. The van der Waals surface area contributed by atoms with Gasteiger partial charge >= 0.3 is 0 Å². The van der Waals surface area contributed by atoms with E-state index in [9.17, 15) is 0 Å². The quantitative estimate of drug-likeness (QED) is 0.876. The van der Waals surface area contributed by atoms with Gasteiger partial charge in [-0.2, -0.15) is 0 Å². The standard InChI is InChI=1S/C13H14ClN3/c14-11-5-1-3-9(7-11)12(15)8-10-4-2-6-17-13(10)16/h1-7,12H,8,15H2,(H2,16,17). The van der Waals surface area contributed by atoms with Gasteiger partial charge in [0.05, 0.1) is 0 Å². The summed E-state index contributed by atoms with van der Waals surface area (Å²) in [4.78, 5) is 4.04. The van der Waals surface area contributed by atoms with Gasteiger partial charge in [0.2, 0.25) is 0 Å². The molecule has 0 radical (unpaired) electrons. The normalized spacial score (nSPS) is 12.4. The minimum absolute atomic E-state index is 0.125. The zero-order chi connectivity index (χ0) is 12.3. The summed E-state index contributed by atoms with van der Waals surface area (Å²) in [7, 11) is 0. The second-order valence-corrected chi connectivity index (χ2v) is 4.35. The minimum Gasteiger partial charge on any atom is -0.383 e. The number of nitrogens with zero attached hydrogens (tertiary/aromatic N) is 1. The summed E-state index contributed by atoms with van der Waals surface area (Å²) in [6.45, 7) is 0. The second kappa shape index (κ2) is 5.17. The SMILES string of the molecule is Nc1ncccc1CC(N)c1cccc(Cl)c1. The highest BCUT2D eigenvalue weighted by Gasteiger charge is 2.09. The number of hydrogen-bond acceptors (Lipinski definition) is 3. The van der Waals surface area contributed by atoms with E-state index < -0.39 is 0 Å². The molecule has 1 heterocycles. The van der Waals surface area contributed by atoms with Crippen molar-refractivity contribution in [2.45, 2.75) is 12.5 Å². The molecule has 0 aliphatic heterocycles. The van der Waals surface area contributed by atoms with Gasteiger partial charge in [0.1, 0.15) is 5.82 Å². The highest BCUT2D eigenvalue weighted by Crippen LogP contribution is 2.21. The third-order valence-electron chi connectivity index (χ3n) is 2.64. The molecule has 3 nitrogen and oxygen atoms in total. The fourth-order valence-electron chi connectivity index (χ4n) is 1.72. The predicted molar refractivity (Wildman–Crippen MR) is 70.7 cm³/mol. The summed E-state index contributed by atoms with van der Waals surface area (Å²) in [5.41, 5.74) is 13.9. The van der Waals surface area contributed by atoms with Gasteiger partial charge in [0, 0.05) is 17.3 Å². The van der Waals surface area contributed by atoms with Gasteiger partial charge < -0.3 is 11.5 Å². The molecule has 1 aromatic carbocycles. The van der Waals surface area contributed by atoms with Crippen LogP contribution in [0.4, 0.5) is 5.82 Å². The van der Waals surface area contributed by atoms with Crippen LogP contribution in [0.2, 0.25) is 5.02 Å². The summed E-state index contributed by atoms with van der Waals surface area (Å²) in [5.74, 6) is 0.532. The minimum atomic E-state index is -0.125. The Morgan fingerprint density at radius 3 is 2.76 bits per heavy atom. The Morgan fingerprint density at radius 2 is 2.06 bits per heavy atom. The van der Waals surface area contributed by atoms with Crippen LogP contribution in [0.15, 0.2) is 42.6 Å². The smallest absolute Gasteiger partial charge is 0.126 e. The third-order valence-corrected chi connectivity index (χ3v) is 2.88. The monoisotopic (exact) mass is 247 g/mol. The van der Waals surface area contributed by atoms with Crippen LogP contribution in [0.5, 0.6) is 0 Å². The van der Waals surface area contributed by atoms with Crippen LogP contribution in [0.3, 0.4) is 0 Å². The van der Waals surface area contributed by atoms with Crippen molar-refractivity contribution in [3.8, 4) is 0 Å². The van der Waals surface area contributed by atoms with E-state index >= 15 is 0 Å². The molecule has 0 saturated carbocycles. The fraction of sp³-hybridized carbons (Fsp3) is 0.154. The highest BCUT2D eigenvalue weighted by molar-refractivity contribution is 6.30. The van der Waals surface area contributed by atoms with Crippen molar-refractivity contribution in [3.05, 3.63) is 58.7 Å². The van der Waals surface area contributed by atoms with E-state index in [4.69, 9.17) is 23.1 Å². The van der Waals surface area contributed by atoms with Gasteiger partial charge in [-0.15, -0.1) is 0 Å². The van der Waals surface area contributed by atoms with E-state index in [-0.39, 0.29) is 6.04 Å². The van der Waals surface area contributed by atoms with Crippen molar-refractivity contribution in [1.82, 2.24) is 4.98 Å². The molecule has 17 heavy (non-hydrogen) atoms. The number of nitrogens with two attached hydrogens (primary N) is 2. The second-order valence-electron chi connectivity index (χ2n) is 3.91. The first kappa shape index (κ1) is 11.9. The zero-order valence-electron chi connectivity index (χ0n) is 9.31. The van der Waals surface area contributed by atoms with Gasteiger partial charge in [-0.1, -0.05) is 29.8 Å². The number of halogens is 1. The van der Waals surface area contributed by atoms with Gasteiger partial charge in [-0.05, 0) is 35.7 Å². The molecular weight excluding hydrogens is 234 g/mol. The summed E-state index contributed by atoms with van der Waals surface area (Å²) in [5, 5.41) is 0.692. The van der Waals surface area contributed by atoms with Crippen molar-refractivity contribution >= 4 is 17.4 Å². The fourth-order valence-corrected chi connectivity index (χ4v) is 1.91. The number of pyridine rings is 1. The van der Waals surface area contributed by atoms with Crippen LogP contribution in [0, 0.1) is 0 Å². The molecule has 4 N–H and O–H groups in total. The first-order valence-corrected chi connectivity index (χ1v) is 5.75. The van der Waals surface area contributed by atoms with Crippen LogP contribution in [-0.4, -0.2) is 4.98 Å². The van der Waals surface area contributed by atoms with E-state index in [1.54, 1.807) is 6.20 Å². The maximum Gasteiger partial charge on any atom is 0.126 e. The lowest BCUT2D eigenvalue weighted by Crippen LogP contribution is -2.14. The Morgan fingerprint density at radius 1 is 1.24 bits per heavy atom. The number of nitrogen functional groups attached to an aromatic ring is 1. The van der Waals surface area contributed by atoms with Crippen molar-refractivity contribution in [1.29, 1.82) is 0 Å². The lowest BCUT2D eigenvalue weighted by molar-refractivity contribution is 0.721. The molecule has 0 aliphatic carbocycles. The van der Waals surface area contributed by atoms with E-state index in [2.05, 4.69) is 4.98 Å². The average molecular weight is 248 g/mol. The highest BCUT2D eigenvalue weighted by atomic mass is 35.5. The number of rotatable bonds is 3. The Bertz CT molecular complexity index is 514. The average Bonchev–Trinajstić information content (AvgIpc) is 2.32. The van der Waals surface area contributed by atoms with E-state index in [0.29, 0.717) is 17.3 Å². The Hall–Kier alpha value is -1.58. The number of hydrogen-bond donors (Lipinski definition) is 2. The lowest BCUT2D eigenvalue weighted by Gasteiger charge is -2.13. The predicted octanol–water partition coefficient (Wildman–Crippen LogP) is 2.56. The summed E-state index contributed by atoms with van der Waals surface area (Å²) < 4.78 is 0. The van der Waals surface area contributed by atoms with Crippen LogP contribution >= 0.6 is 11.6 Å². The number of aromatic nitrogens is 1. The summed E-state index contributed by atoms with van der Waals surface area (Å²) in [6, 6.07) is 11.2. The molecule has 0 bridgehead atoms. The lowest BCUT2D eigenvalue weighted by atomic mass is 10.0. The van der Waals surface area contributed by atoms with Crippen molar-refractivity contribution in [2.75, 3.05) is 5.73 Å². The number of benzene rings is 1. The van der Waals surface area contributed by atoms with E-state index in [1.807, 2.05) is 36.4 Å². The largest absolute Gasteiger partial charge is 0.383 e. The first-order valence-electron chi connectivity index (χ1n) is 5.37. The van der Waals surface area contributed by atoms with Gasteiger partial charge in [-0.25, -0.2) is 4.98 Å². The number of anilines is 1. The van der Waals surface area contributed by atoms with Gasteiger partial charge in [-0.3, -0.25) is 0 Å². The molecular formula is C13H14ClN3. The van der Waals surface area contributed by atoms with Gasteiger partial charge in [0.25, 0.3) is 0 Å². The van der Waals surface area contributed by atoms with E-state index in [0.717, 1.165) is 11.1 Å². The maximum atomic E-state index is 6.12. The Balaban J connectivity index is 2.17. The molecule has 1 aromatic heterocycles. The molecule has 0 spiro atoms. The Labute approximate surface area is 105 Å². The molecule has 1 unspecified atom stereocenters. The zero-order valence-corrected chi connectivity index (χ0v) is 10.1. The van der Waals surface area contributed by atoms with Crippen LogP contribution in [0.1, 0.15) is 17.2 Å². The molecule has 0 amide bonds. The van der Waals surface area contributed by atoms with Crippen LogP contribution in [-0.2, 0) is 6.42 Å². The Kier molecular flexibility index (Phi) is 3.61. The topological polar surface area (TPSA) is 64.9 Å². The third kappa shape index (κ3) is 2.96. The summed E-state index contributed by atoms with van der Waals surface area (Å²) >= 11 is 5.93. The van der Waals surface area contributed by atoms with Crippen LogP contribution in [0.25, 0.3) is 0 Å². The van der Waals surface area contributed by atoms with Crippen molar-refractivity contribution in [2.24, 2.45) is 5.73 Å². The maximum absolute atomic E-state index is 6.12. The molecule has 88 valence electrons. The van der Waals surface area contributed by atoms with Crippen LogP contribution < -0.4 is 11.5 Å². The first-order chi connectivity index (χ1) is 8.16. The summed E-state index contributed by atoms with van der Waals surface area (Å²) in [6.07, 6.45) is 2.32. The molecule has 1 atom stereocenters. The molecule has 0 fully saturated rings. The van der Waals surface area contributed by atoms with Crippen molar-refractivity contribution in [3.63, 3.8) is 0 Å². The molecule has 4 heteroatoms.